The van der Waals surface area contributed by atoms with E-state index in [4.69, 9.17) is 16.3 Å². The molecule has 31 heavy (non-hydrogen) atoms. The van der Waals surface area contributed by atoms with E-state index in [1.54, 1.807) is 43.5 Å². The molecule has 1 N–H and O–H groups in total. The van der Waals surface area contributed by atoms with E-state index in [-0.39, 0.29) is 22.7 Å². The second kappa shape index (κ2) is 9.45. The number of aromatic nitrogens is 2. The third kappa shape index (κ3) is 4.86. The van der Waals surface area contributed by atoms with Crippen LogP contribution in [0.1, 0.15) is 43.9 Å². The quantitative estimate of drug-likeness (QED) is 0.612. The molecule has 1 aliphatic heterocycles. The summed E-state index contributed by atoms with van der Waals surface area (Å²) >= 11 is 7.22. The fraction of sp³-hybridized carbons (Fsp3) is 0.273. The number of ether oxygens (including phenoxy) is 1. The van der Waals surface area contributed by atoms with E-state index >= 15 is 0 Å². The zero-order valence-electron chi connectivity index (χ0n) is 16.9. The van der Waals surface area contributed by atoms with Gasteiger partial charge in [-0.25, -0.2) is 0 Å². The molecule has 4 rings (SSSR count). The zero-order valence-corrected chi connectivity index (χ0v) is 18.4. The largest absolute Gasteiger partial charge is 0.496 e. The number of hydrogen-bond donors (Lipinski definition) is 1. The summed E-state index contributed by atoms with van der Waals surface area (Å²) in [6.07, 6.45) is 1.75. The van der Waals surface area contributed by atoms with E-state index in [1.807, 2.05) is 17.0 Å². The van der Waals surface area contributed by atoms with Crippen LogP contribution >= 0.6 is 22.9 Å². The molecule has 0 saturated carbocycles. The minimum atomic E-state index is -0.330. The Labute approximate surface area is 189 Å². The number of hydrogen-bond acceptors (Lipinski definition) is 6. The highest BCUT2D eigenvalue weighted by Gasteiger charge is 2.29. The maximum atomic E-state index is 13.0. The van der Waals surface area contributed by atoms with Gasteiger partial charge in [0.15, 0.2) is 0 Å². The van der Waals surface area contributed by atoms with Crippen molar-refractivity contribution in [2.45, 2.75) is 18.8 Å². The number of nitrogens with one attached hydrogen (secondary N) is 1. The van der Waals surface area contributed by atoms with Gasteiger partial charge in [-0.3, -0.25) is 9.59 Å². The van der Waals surface area contributed by atoms with Crippen molar-refractivity contribution in [3.63, 3.8) is 0 Å². The molecule has 0 unspecified atom stereocenters. The number of carbonyl (C=O) groups is 2. The van der Waals surface area contributed by atoms with Crippen LogP contribution in [-0.2, 0) is 0 Å². The Kier molecular flexibility index (Phi) is 6.48. The molecule has 0 spiro atoms. The second-order valence-electron chi connectivity index (χ2n) is 7.20. The highest BCUT2D eigenvalue weighted by Crippen LogP contribution is 2.31. The van der Waals surface area contributed by atoms with Crippen LogP contribution in [-0.4, -0.2) is 47.1 Å². The van der Waals surface area contributed by atoms with E-state index in [0.717, 1.165) is 17.8 Å². The van der Waals surface area contributed by atoms with Crippen molar-refractivity contribution in [1.29, 1.82) is 0 Å². The fourth-order valence-electron chi connectivity index (χ4n) is 3.60. The van der Waals surface area contributed by atoms with Crippen LogP contribution in [0.3, 0.4) is 0 Å². The van der Waals surface area contributed by atoms with Crippen LogP contribution in [0.4, 0.5) is 5.69 Å². The molecule has 1 saturated heterocycles. The lowest BCUT2D eigenvalue weighted by atomic mass is 9.98. The van der Waals surface area contributed by atoms with Crippen molar-refractivity contribution in [2.75, 3.05) is 25.5 Å². The second-order valence-corrected chi connectivity index (χ2v) is 8.65. The van der Waals surface area contributed by atoms with Gasteiger partial charge in [0.05, 0.1) is 12.7 Å². The third-order valence-electron chi connectivity index (χ3n) is 5.11. The van der Waals surface area contributed by atoms with Crippen LogP contribution < -0.4 is 10.1 Å². The average molecular weight is 457 g/mol. The van der Waals surface area contributed by atoms with E-state index in [0.29, 0.717) is 35.1 Å². The number of para-hydroxylation sites is 1. The molecule has 0 radical (unpaired) electrons. The Balaban J connectivity index is 1.45. The van der Waals surface area contributed by atoms with E-state index < -0.39 is 0 Å². The highest BCUT2D eigenvalue weighted by atomic mass is 35.5. The highest BCUT2D eigenvalue weighted by molar-refractivity contribution is 7.13. The molecule has 0 aliphatic carbocycles. The van der Waals surface area contributed by atoms with Gasteiger partial charge in [0.1, 0.15) is 10.8 Å². The van der Waals surface area contributed by atoms with Gasteiger partial charge < -0.3 is 15.0 Å². The van der Waals surface area contributed by atoms with Gasteiger partial charge in [-0.2, -0.15) is 0 Å². The first-order chi connectivity index (χ1) is 15.0. The summed E-state index contributed by atoms with van der Waals surface area (Å²) in [5.41, 5.74) is 1.14. The first kappa shape index (κ1) is 21.3. The number of anilines is 1. The number of nitrogens with zero attached hydrogens (tertiary/aromatic N) is 3. The number of benzene rings is 2. The SMILES string of the molecule is COc1ccccc1C(=O)N1CCC[C@@H](c2nnc(C(=O)Nc3cccc(Cl)c3)s2)C1. The summed E-state index contributed by atoms with van der Waals surface area (Å²) in [6, 6.07) is 14.1. The molecule has 0 bridgehead atoms. The number of methoxy groups -OCH3 is 1. The Morgan fingerprint density at radius 1 is 1.19 bits per heavy atom. The number of carbonyl (C=O) groups excluding carboxylic acids is 2. The van der Waals surface area contributed by atoms with Crippen molar-refractivity contribution in [3.8, 4) is 5.75 Å². The predicted octanol–water partition coefficient (Wildman–Crippen LogP) is 4.47. The monoisotopic (exact) mass is 456 g/mol. The lowest BCUT2D eigenvalue weighted by Gasteiger charge is -2.32. The van der Waals surface area contributed by atoms with Crippen LogP contribution in [0.25, 0.3) is 0 Å². The topological polar surface area (TPSA) is 84.4 Å². The standard InChI is InChI=1S/C22H21ClN4O3S/c1-30-18-10-3-2-9-17(18)22(29)27-11-5-6-14(13-27)20-25-26-21(31-20)19(28)24-16-8-4-7-15(23)12-16/h2-4,7-10,12,14H,5-6,11,13H2,1H3,(H,24,28)/t14-/m1/s1. The van der Waals surface area contributed by atoms with Gasteiger partial charge in [-0.1, -0.05) is 41.1 Å². The van der Waals surface area contributed by atoms with Crippen molar-refractivity contribution in [2.24, 2.45) is 0 Å². The maximum Gasteiger partial charge on any atom is 0.286 e. The molecule has 3 aromatic rings. The molecule has 2 heterocycles. The third-order valence-corrected chi connectivity index (χ3v) is 6.43. The molecule has 1 atom stereocenters. The summed E-state index contributed by atoms with van der Waals surface area (Å²) in [5.74, 6) is 0.206. The summed E-state index contributed by atoms with van der Waals surface area (Å²) in [6.45, 7) is 1.20. The first-order valence-corrected chi connectivity index (χ1v) is 11.1. The van der Waals surface area contributed by atoms with Crippen LogP contribution in [0.5, 0.6) is 5.75 Å². The summed E-state index contributed by atoms with van der Waals surface area (Å²) in [4.78, 5) is 27.4. The van der Waals surface area contributed by atoms with Crippen molar-refractivity contribution in [3.05, 3.63) is 69.1 Å². The molecule has 1 fully saturated rings. The van der Waals surface area contributed by atoms with Gasteiger partial charge in [-0.05, 0) is 43.2 Å². The maximum absolute atomic E-state index is 13.0. The van der Waals surface area contributed by atoms with Crippen LogP contribution in [0, 0.1) is 0 Å². The van der Waals surface area contributed by atoms with E-state index in [1.165, 1.54) is 11.3 Å². The van der Waals surface area contributed by atoms with Crippen molar-refractivity contribution < 1.29 is 14.3 Å². The minimum Gasteiger partial charge on any atom is -0.496 e. The molecule has 160 valence electrons. The molecule has 2 amide bonds. The minimum absolute atomic E-state index is 0.0395. The van der Waals surface area contributed by atoms with E-state index in [2.05, 4.69) is 15.5 Å². The fourth-order valence-corrected chi connectivity index (χ4v) is 4.65. The first-order valence-electron chi connectivity index (χ1n) is 9.88. The van der Waals surface area contributed by atoms with Crippen LogP contribution in [0.2, 0.25) is 5.02 Å². The smallest absolute Gasteiger partial charge is 0.286 e. The lowest BCUT2D eigenvalue weighted by Crippen LogP contribution is -2.39. The predicted molar refractivity (Wildman–Crippen MR) is 120 cm³/mol. The number of amides is 2. The average Bonchev–Trinajstić information content (AvgIpc) is 3.29. The Bertz CT molecular complexity index is 1100. The Morgan fingerprint density at radius 2 is 2.03 bits per heavy atom. The Hall–Kier alpha value is -2.97. The lowest BCUT2D eigenvalue weighted by molar-refractivity contribution is 0.0703. The summed E-state index contributed by atoms with van der Waals surface area (Å²) in [7, 11) is 1.56. The number of halogens is 1. The number of piperidine rings is 1. The van der Waals surface area contributed by atoms with Gasteiger partial charge >= 0.3 is 0 Å². The molecule has 1 aromatic heterocycles. The molecular weight excluding hydrogens is 436 g/mol. The molecule has 1 aliphatic rings. The number of rotatable bonds is 5. The van der Waals surface area contributed by atoms with Crippen LogP contribution in [0.15, 0.2) is 48.5 Å². The Morgan fingerprint density at radius 3 is 2.84 bits per heavy atom. The van der Waals surface area contributed by atoms with E-state index in [9.17, 15) is 9.59 Å². The van der Waals surface area contributed by atoms with Gasteiger partial charge in [0.25, 0.3) is 11.8 Å². The van der Waals surface area contributed by atoms with Gasteiger partial charge in [-0.15, -0.1) is 10.2 Å². The number of likely N-dealkylation sites (tertiary alicyclic amines) is 1. The molecule has 2 aromatic carbocycles. The molecule has 9 heteroatoms. The normalized spacial score (nSPS) is 16.1. The summed E-state index contributed by atoms with van der Waals surface area (Å²) < 4.78 is 5.33. The van der Waals surface area contributed by atoms with Crippen molar-refractivity contribution in [1.82, 2.24) is 15.1 Å². The zero-order chi connectivity index (χ0) is 21.8. The van der Waals surface area contributed by atoms with Gasteiger partial charge in [0, 0.05) is 29.7 Å². The summed E-state index contributed by atoms with van der Waals surface area (Å²) in [5, 5.41) is 12.7. The molecular formula is C22H21ClN4O3S. The van der Waals surface area contributed by atoms with Gasteiger partial charge in [0.2, 0.25) is 5.01 Å². The van der Waals surface area contributed by atoms with Crippen molar-refractivity contribution >= 4 is 40.4 Å². The molecule has 7 nitrogen and oxygen atoms in total.